The van der Waals surface area contributed by atoms with E-state index in [4.69, 9.17) is 180 Å². The van der Waals surface area contributed by atoms with E-state index in [1.165, 1.54) is 20.8 Å². The molecule has 0 spiro atoms. The maximum Gasteiger partial charge on any atom is 0.163 e. The van der Waals surface area contributed by atoms with Gasteiger partial charge < -0.3 is 128 Å². The smallest absolute Gasteiger partial charge is 0.163 e. The average Bonchev–Trinajstić information content (AvgIpc) is 1.47. The fraction of sp³-hybridized carbons (Fsp3) is 1.00. The standard InChI is InChI=1S/9C10H18O3.9CH4/c9*1-10(2,3)13-8-6-12-9-7(8)4-5-11-9;;;;;;;;;/h9*7-9H,4-6H2,1-3H3;9*1H4/t9*7-,8-,9+;;;;;;;;;/m000000000........./s1/i4D2,5D2,6D2,7D,8D,9D;4D2,5D2,7D,8D,9D;4D2,5D2,6D2,7D,9D;6D2,7D,8D,9D;4D2,5D2,7D,9D;7D,8D,9D;6D2,7D,9D;7D,9D;9D;;;;;;;;;. The topological polar surface area (TPSA) is 249 Å². The molecule has 18 rings (SSSR count). The Hall–Kier alpha value is -1.08. The van der Waals surface area contributed by atoms with Gasteiger partial charge in [-0.25, -0.2) is 0 Å². The van der Waals surface area contributed by atoms with Crippen LogP contribution in [0.4, 0.5) is 0 Å². The zero-order valence-electron chi connectivity index (χ0n) is 118. The van der Waals surface area contributed by atoms with E-state index in [1.807, 2.05) is 62.3 Å². The van der Waals surface area contributed by atoms with Crippen LogP contribution in [0.5, 0.6) is 0 Å². The summed E-state index contributed by atoms with van der Waals surface area (Å²) >= 11 is 0. The third-order valence-electron chi connectivity index (χ3n) is 16.3. The normalized spacial score (nSPS) is 58.9. The first-order valence-corrected chi connectivity index (χ1v) is 39.6. The van der Waals surface area contributed by atoms with Gasteiger partial charge in [0.2, 0.25) is 0 Å². The highest BCUT2D eigenvalue weighted by atomic mass is 16.8. The van der Waals surface area contributed by atoms with Crippen molar-refractivity contribution >= 4 is 0 Å². The molecule has 0 aromatic rings. The van der Waals surface area contributed by atoms with Crippen molar-refractivity contribution in [3.63, 3.8) is 0 Å². The van der Waals surface area contributed by atoms with E-state index >= 15 is 0 Å². The molecule has 18 saturated heterocycles. The Morgan fingerprint density at radius 3 is 0.841 bits per heavy atom. The minimum Gasteiger partial charge on any atom is -0.370 e. The van der Waals surface area contributed by atoms with Crippen LogP contribution in [0.3, 0.4) is 0 Å². The SMILES string of the molecule is C.C.C.C.C.C.C.C.C.[2H]C1([2H])O[C@@]2([2H])OC([2H])([2H])C([2H])([2H])[C@@]2([2H])[C@H]1OC(C)(C)C.[2H]C1([2H])O[C@@]2([2H])OCC[C@@]2([2H])[C@@]1([2H])OC(C)(C)C.[2H]C1([2H])O[C@@]2([2H])OCC[C@@]2([2H])[C@H]1OC(C)(C)C.[2H]C1([2H])O[C@]2([2H])OC([2H])([2H])[C@]([2H])(OC(C)(C)C)[C@]2([2H])C1([2H])[2H].[2H]C1([2H])O[C@]2([2H])OC[C@H](OC(C)(C)C)[C@]2([2H])C1([2H])[2H].[2H]C1([2H])O[C@]2([2H])OC[C@]([2H])(OC(C)(C)C)[C@]2([2H])C1([2H])[2H].[2H][C@]12OCC[C@@]1([2H])[C@@H](OC(C)(C)C)CO2.[2H][C@]12OCC[C@@]1([2H])[C@@]([2H])(OC(C)(C)C)CO2.[2H][C@]12OCC[C@H]1[C@@H](OC(C)(C)C)CO2. The Bertz CT molecular complexity index is 5270. The highest BCUT2D eigenvalue weighted by Gasteiger charge is 2.52. The second kappa shape index (κ2) is 53.0. The zero-order chi connectivity index (χ0) is 126. The molecule has 0 aliphatic carbocycles. The number of fused-ring (bicyclic) bond motifs is 9. The van der Waals surface area contributed by atoms with Crippen LogP contribution in [-0.2, 0) is 128 Å². The quantitative estimate of drug-likeness (QED) is 0.208. The lowest BCUT2D eigenvalue weighted by molar-refractivity contribution is -0.0930. The van der Waals surface area contributed by atoms with Crippen LogP contribution in [0, 0.1) is 53.1 Å². The van der Waals surface area contributed by atoms with Crippen LogP contribution in [0.25, 0.3) is 0 Å². The van der Waals surface area contributed by atoms with Gasteiger partial charge in [0.25, 0.3) is 0 Å². The van der Waals surface area contributed by atoms with Crippen molar-refractivity contribution in [2.75, 3.05) is 119 Å². The second-order valence-electron chi connectivity index (χ2n) is 37.3. The van der Waals surface area contributed by atoms with E-state index in [0.717, 1.165) is 6.42 Å². The molecular formula is C99H198O27. The first-order chi connectivity index (χ1) is 70.9. The summed E-state index contributed by atoms with van der Waals surface area (Å²) in [6.07, 6.45) is -43.1. The van der Waals surface area contributed by atoms with Gasteiger partial charge in [-0.05, 0) is 245 Å². The lowest BCUT2D eigenvalue weighted by Crippen LogP contribution is -2.32. The summed E-state index contributed by atoms with van der Waals surface area (Å²) in [6, 6.07) is 0. The molecule has 0 N–H and O–H groups in total. The summed E-state index contributed by atoms with van der Waals surface area (Å²) < 4.78 is 496. The van der Waals surface area contributed by atoms with Crippen LogP contribution in [-0.4, -0.2) is 280 Å². The molecule has 18 heterocycles. The third-order valence-corrected chi connectivity index (χ3v) is 16.3. The average molecular weight is 1870 g/mol. The molecule has 18 aliphatic rings. The number of ether oxygens (including phenoxy) is 27. The van der Waals surface area contributed by atoms with Gasteiger partial charge in [0.05, 0.1) is 264 Å². The molecule has 0 amide bonds. The van der Waals surface area contributed by atoms with Gasteiger partial charge in [0.15, 0.2) is 56.4 Å². The molecule has 126 heavy (non-hydrogen) atoms. The molecule has 0 unspecified atom stereocenters. The van der Waals surface area contributed by atoms with Gasteiger partial charge in [-0.1, -0.05) is 66.8 Å². The Morgan fingerprint density at radius 1 is 0.198 bits per heavy atom. The molecule has 27 atom stereocenters. The van der Waals surface area contributed by atoms with E-state index in [-0.39, 0.29) is 155 Å². The highest BCUT2D eigenvalue weighted by molar-refractivity contribution is 4.93. The zero-order valence-corrected chi connectivity index (χ0v) is 73.1. The van der Waals surface area contributed by atoms with Crippen molar-refractivity contribution in [2.24, 2.45) is 53.1 Å². The van der Waals surface area contributed by atoms with Crippen LogP contribution in [0.2, 0.25) is 0 Å². The van der Waals surface area contributed by atoms with Gasteiger partial charge in [-0.2, -0.15) is 0 Å². The minimum atomic E-state index is -3.24. The van der Waals surface area contributed by atoms with Crippen molar-refractivity contribution in [3.05, 3.63) is 0 Å². The second-order valence-corrected chi connectivity index (χ2v) is 37.3. The summed E-state index contributed by atoms with van der Waals surface area (Å²) in [5, 5.41) is 0. The van der Waals surface area contributed by atoms with Gasteiger partial charge in [0.1, 0.15) is 0 Å². The first-order valence-electron chi connectivity index (χ1n) is 62.1. The fourth-order valence-corrected chi connectivity index (χ4v) is 12.2. The van der Waals surface area contributed by atoms with Crippen LogP contribution < -0.4 is 0 Å². The summed E-state index contributed by atoms with van der Waals surface area (Å²) in [4.78, 5) is 0. The predicted octanol–water partition coefficient (Wildman–Crippen LogP) is 19.8. The molecule has 0 bridgehead atoms. The molecular weight excluding hydrogens is 1620 g/mol. The van der Waals surface area contributed by atoms with Crippen molar-refractivity contribution in [3.8, 4) is 0 Å². The van der Waals surface area contributed by atoms with Crippen molar-refractivity contribution < 1.29 is 190 Å². The number of hydrogen-bond acceptors (Lipinski definition) is 27. The van der Waals surface area contributed by atoms with Crippen molar-refractivity contribution in [1.29, 1.82) is 0 Å². The van der Waals surface area contributed by atoms with Crippen molar-refractivity contribution in [2.45, 2.75) is 473 Å². The monoisotopic (exact) mass is 1860 g/mol. The van der Waals surface area contributed by atoms with Gasteiger partial charge >= 0.3 is 0 Å². The minimum absolute atomic E-state index is 0. The molecule has 756 valence electrons. The third kappa shape index (κ3) is 39.6. The fourth-order valence-electron chi connectivity index (χ4n) is 12.2. The van der Waals surface area contributed by atoms with E-state index in [2.05, 4.69) is 9.47 Å². The Labute approximate surface area is 833 Å². The lowest BCUT2D eigenvalue weighted by atomic mass is 10.0. The summed E-state index contributed by atoms with van der Waals surface area (Å²) in [6.45, 7) is 26.1. The van der Waals surface area contributed by atoms with Crippen LogP contribution in [0.15, 0.2) is 0 Å². The maximum atomic E-state index is 8.34. The molecule has 27 nitrogen and oxygen atoms in total. The predicted molar refractivity (Wildman–Crippen MR) is 496 cm³/mol. The number of rotatable bonds is 9. The molecule has 18 fully saturated rings. The maximum absolute atomic E-state index is 8.34. The van der Waals surface area contributed by atoms with E-state index in [0.29, 0.717) is 26.2 Å². The van der Waals surface area contributed by atoms with Gasteiger partial charge in [-0.3, -0.25) is 0 Å². The molecule has 18 aliphatic heterocycles. The van der Waals surface area contributed by atoms with E-state index < -0.39 is 270 Å². The summed E-state index contributed by atoms with van der Waals surface area (Å²) in [5.74, 6) is -16.8. The summed E-state index contributed by atoms with van der Waals surface area (Å²) in [5.41, 5.74) is -6.18. The Balaban J connectivity index is 0.000000958. The van der Waals surface area contributed by atoms with Crippen LogP contribution >= 0.6 is 0 Å². The van der Waals surface area contributed by atoms with Gasteiger partial charge in [-0.15, -0.1) is 0 Å². The lowest BCUT2D eigenvalue weighted by Gasteiger charge is -2.26. The van der Waals surface area contributed by atoms with Crippen molar-refractivity contribution in [1.82, 2.24) is 0 Å². The largest absolute Gasteiger partial charge is 0.370 e. The Kier molecular flexibility index (Phi) is 28.0. The Morgan fingerprint density at radius 2 is 0.421 bits per heavy atom. The summed E-state index contributed by atoms with van der Waals surface area (Å²) in [7, 11) is 0. The first kappa shape index (κ1) is 66.4. The van der Waals surface area contributed by atoms with E-state index in [1.54, 1.807) is 104 Å². The number of hydrogen-bond donors (Lipinski definition) is 0. The molecule has 0 aromatic heterocycles. The molecule has 0 aromatic carbocycles. The van der Waals surface area contributed by atoms with Crippen LogP contribution in [0.1, 0.15) is 373 Å². The molecule has 27 heteroatoms. The highest BCUT2D eigenvalue weighted by Crippen LogP contribution is 2.43. The van der Waals surface area contributed by atoms with E-state index in [9.17, 15) is 0 Å². The molecule has 0 radical (unpaired) electrons. The van der Waals surface area contributed by atoms with Gasteiger partial charge in [0, 0.05) is 75.0 Å². The molecule has 0 saturated carbocycles.